The van der Waals surface area contributed by atoms with E-state index in [4.69, 9.17) is 4.74 Å². The molecule has 2 rings (SSSR count). The van der Waals surface area contributed by atoms with Crippen molar-refractivity contribution in [2.45, 2.75) is 19.4 Å². The highest BCUT2D eigenvalue weighted by molar-refractivity contribution is 5.60. The van der Waals surface area contributed by atoms with Crippen LogP contribution in [0.1, 0.15) is 24.0 Å². The first kappa shape index (κ1) is 14.8. The van der Waals surface area contributed by atoms with Gasteiger partial charge in [-0.05, 0) is 43.5 Å². The fourth-order valence-electron chi connectivity index (χ4n) is 2.84. The van der Waals surface area contributed by atoms with Crippen LogP contribution in [0.5, 0.6) is 0 Å². The van der Waals surface area contributed by atoms with Crippen LogP contribution in [0, 0.1) is 17.2 Å². The molecule has 0 unspecified atom stereocenters. The third-order valence-electron chi connectivity index (χ3n) is 3.92. The van der Waals surface area contributed by atoms with Gasteiger partial charge in [0.05, 0.1) is 11.3 Å². The van der Waals surface area contributed by atoms with E-state index in [2.05, 4.69) is 28.4 Å². The lowest BCUT2D eigenvalue weighted by atomic mass is 9.96. The Hall–Kier alpha value is -1.57. The van der Waals surface area contributed by atoms with Crippen molar-refractivity contribution in [3.63, 3.8) is 0 Å². The number of nitriles is 1. The minimum Gasteiger partial charge on any atom is -0.384 e. The third-order valence-corrected chi connectivity index (χ3v) is 3.92. The summed E-state index contributed by atoms with van der Waals surface area (Å²) in [6.07, 6.45) is 2.27. The Kier molecular flexibility index (Phi) is 5.40. The molecule has 0 amide bonds. The zero-order valence-corrected chi connectivity index (χ0v) is 12.4. The molecule has 1 aromatic carbocycles. The number of anilines is 1. The van der Waals surface area contributed by atoms with E-state index < -0.39 is 0 Å². The van der Waals surface area contributed by atoms with Crippen molar-refractivity contribution in [3.8, 4) is 6.07 Å². The van der Waals surface area contributed by atoms with Crippen LogP contribution in [0.3, 0.4) is 0 Å². The van der Waals surface area contributed by atoms with E-state index in [-0.39, 0.29) is 0 Å². The number of benzene rings is 1. The summed E-state index contributed by atoms with van der Waals surface area (Å²) in [6.45, 7) is 3.66. The van der Waals surface area contributed by atoms with Crippen LogP contribution >= 0.6 is 0 Å². The second kappa shape index (κ2) is 7.28. The fraction of sp³-hybridized carbons (Fsp3) is 0.562. The van der Waals surface area contributed by atoms with Gasteiger partial charge >= 0.3 is 0 Å². The monoisotopic (exact) mass is 273 g/mol. The van der Waals surface area contributed by atoms with Gasteiger partial charge in [-0.3, -0.25) is 0 Å². The molecule has 1 aliphatic heterocycles. The molecule has 108 valence electrons. The topological polar surface area (TPSA) is 48.3 Å². The number of methoxy groups -OCH3 is 1. The van der Waals surface area contributed by atoms with E-state index in [1.54, 1.807) is 7.11 Å². The van der Waals surface area contributed by atoms with Crippen LogP contribution in [0.4, 0.5) is 5.69 Å². The van der Waals surface area contributed by atoms with Crippen molar-refractivity contribution in [3.05, 3.63) is 29.3 Å². The quantitative estimate of drug-likeness (QED) is 0.893. The van der Waals surface area contributed by atoms with Gasteiger partial charge in [0.1, 0.15) is 6.07 Å². The highest BCUT2D eigenvalue weighted by atomic mass is 16.5. The van der Waals surface area contributed by atoms with E-state index in [1.165, 1.54) is 0 Å². The summed E-state index contributed by atoms with van der Waals surface area (Å²) in [5.41, 5.74) is 3.01. The largest absolute Gasteiger partial charge is 0.384 e. The second-order valence-electron chi connectivity index (χ2n) is 5.38. The van der Waals surface area contributed by atoms with E-state index >= 15 is 0 Å². The van der Waals surface area contributed by atoms with E-state index in [1.807, 2.05) is 13.1 Å². The van der Waals surface area contributed by atoms with Gasteiger partial charge in [0.25, 0.3) is 0 Å². The van der Waals surface area contributed by atoms with Crippen LogP contribution in [0.25, 0.3) is 0 Å². The second-order valence-corrected chi connectivity index (χ2v) is 5.38. The summed E-state index contributed by atoms with van der Waals surface area (Å²) in [7, 11) is 3.68. The van der Waals surface area contributed by atoms with Gasteiger partial charge in [0, 0.05) is 33.4 Å². The molecule has 1 saturated heterocycles. The smallest absolute Gasteiger partial charge is 0.101 e. The minimum atomic E-state index is 0.658. The summed E-state index contributed by atoms with van der Waals surface area (Å²) in [5.74, 6) is 0.658. The van der Waals surface area contributed by atoms with Crippen LogP contribution < -0.4 is 10.2 Å². The molecular formula is C16H23N3O. The molecule has 1 fully saturated rings. The van der Waals surface area contributed by atoms with Gasteiger partial charge < -0.3 is 15.0 Å². The first-order valence-electron chi connectivity index (χ1n) is 7.20. The molecule has 1 heterocycles. The molecule has 0 spiro atoms. The minimum absolute atomic E-state index is 0.658. The predicted molar refractivity (Wildman–Crippen MR) is 80.7 cm³/mol. The van der Waals surface area contributed by atoms with Gasteiger partial charge in [-0.25, -0.2) is 0 Å². The van der Waals surface area contributed by atoms with Crippen LogP contribution in [-0.2, 0) is 11.3 Å². The highest BCUT2D eigenvalue weighted by Gasteiger charge is 2.21. The van der Waals surface area contributed by atoms with Crippen LogP contribution in [0.2, 0.25) is 0 Å². The number of nitrogens with one attached hydrogen (secondary N) is 1. The Morgan fingerprint density at radius 1 is 1.40 bits per heavy atom. The normalized spacial score (nSPS) is 16.1. The van der Waals surface area contributed by atoms with Crippen molar-refractivity contribution in [1.82, 2.24) is 5.32 Å². The molecule has 0 atom stereocenters. The number of rotatable bonds is 5. The van der Waals surface area contributed by atoms with Crippen LogP contribution in [0.15, 0.2) is 18.2 Å². The van der Waals surface area contributed by atoms with Gasteiger partial charge in [0.15, 0.2) is 0 Å². The average molecular weight is 273 g/mol. The number of piperidine rings is 1. The molecule has 0 bridgehead atoms. The number of hydrogen-bond donors (Lipinski definition) is 1. The zero-order valence-electron chi connectivity index (χ0n) is 12.4. The summed E-state index contributed by atoms with van der Waals surface area (Å²) in [6, 6.07) is 8.52. The lowest BCUT2D eigenvalue weighted by molar-refractivity contribution is 0.139. The van der Waals surface area contributed by atoms with E-state index in [0.717, 1.165) is 55.9 Å². The highest BCUT2D eigenvalue weighted by Crippen LogP contribution is 2.27. The summed E-state index contributed by atoms with van der Waals surface area (Å²) >= 11 is 0. The van der Waals surface area contributed by atoms with E-state index in [9.17, 15) is 5.26 Å². The Morgan fingerprint density at radius 2 is 2.15 bits per heavy atom. The summed E-state index contributed by atoms with van der Waals surface area (Å²) in [4.78, 5) is 2.33. The molecule has 0 saturated carbocycles. The maximum Gasteiger partial charge on any atom is 0.101 e. The van der Waals surface area contributed by atoms with Crippen molar-refractivity contribution < 1.29 is 4.74 Å². The lowest BCUT2D eigenvalue weighted by Crippen LogP contribution is -2.35. The van der Waals surface area contributed by atoms with Crippen LogP contribution in [-0.4, -0.2) is 33.9 Å². The fourth-order valence-corrected chi connectivity index (χ4v) is 2.84. The molecule has 0 radical (unpaired) electrons. The molecule has 4 heteroatoms. The summed E-state index contributed by atoms with van der Waals surface area (Å²) in [5, 5.41) is 12.5. The number of nitrogens with zero attached hydrogens (tertiary/aromatic N) is 2. The predicted octanol–water partition coefficient (Wildman–Crippen LogP) is 2.14. The van der Waals surface area contributed by atoms with Crippen molar-refractivity contribution in [2.75, 3.05) is 38.8 Å². The molecule has 1 N–H and O–H groups in total. The molecule has 4 nitrogen and oxygen atoms in total. The Bertz CT molecular complexity index is 473. The molecule has 1 aromatic rings. The van der Waals surface area contributed by atoms with E-state index in [0.29, 0.717) is 5.92 Å². The van der Waals surface area contributed by atoms with Gasteiger partial charge in [-0.1, -0.05) is 6.07 Å². The van der Waals surface area contributed by atoms with Gasteiger partial charge in [-0.2, -0.15) is 5.26 Å². The Labute approximate surface area is 121 Å². The summed E-state index contributed by atoms with van der Waals surface area (Å²) < 4.78 is 5.23. The molecule has 0 aromatic heterocycles. The molecule has 0 aliphatic carbocycles. The standard InChI is InChI=1S/C16H23N3O/c1-18-11-14-3-4-16(15(9-14)10-17)19-7-5-13(6-8-19)12-20-2/h3-4,9,13,18H,5-8,11-12H2,1-2H3. The maximum atomic E-state index is 9.36. The number of hydrogen-bond acceptors (Lipinski definition) is 4. The van der Waals surface area contributed by atoms with Gasteiger partial charge in [0.2, 0.25) is 0 Å². The first-order chi connectivity index (χ1) is 9.78. The molecular weight excluding hydrogens is 250 g/mol. The van der Waals surface area contributed by atoms with Crippen molar-refractivity contribution >= 4 is 5.69 Å². The zero-order chi connectivity index (χ0) is 14.4. The SMILES string of the molecule is CNCc1ccc(N2CCC(COC)CC2)c(C#N)c1. The third kappa shape index (κ3) is 3.50. The maximum absolute atomic E-state index is 9.36. The van der Waals surface area contributed by atoms with Gasteiger partial charge in [-0.15, -0.1) is 0 Å². The number of ether oxygens (including phenoxy) is 1. The molecule has 1 aliphatic rings. The Morgan fingerprint density at radius 3 is 2.75 bits per heavy atom. The Balaban J connectivity index is 2.08. The molecule has 20 heavy (non-hydrogen) atoms. The first-order valence-corrected chi connectivity index (χ1v) is 7.20. The van der Waals surface area contributed by atoms with Crippen molar-refractivity contribution in [1.29, 1.82) is 5.26 Å². The lowest BCUT2D eigenvalue weighted by Gasteiger charge is -2.34. The average Bonchev–Trinajstić information content (AvgIpc) is 2.49. The van der Waals surface area contributed by atoms with Crippen molar-refractivity contribution in [2.24, 2.45) is 5.92 Å².